The fraction of sp³-hybridized carbons (Fsp3) is 0.652. The number of nitrogens with zero attached hydrogens (tertiary/aromatic N) is 5. The lowest BCUT2D eigenvalue weighted by Crippen LogP contribution is -2.35. The summed E-state index contributed by atoms with van der Waals surface area (Å²) in [5.74, 6) is 0.781. The number of halogens is 1. The Morgan fingerprint density at radius 2 is 1.79 bits per heavy atom. The summed E-state index contributed by atoms with van der Waals surface area (Å²) in [5.41, 5.74) is 0.443. The molecule has 1 aliphatic heterocycles. The lowest BCUT2D eigenvalue weighted by Gasteiger charge is -2.23. The minimum atomic E-state index is -0.549. The third-order valence-electron chi connectivity index (χ3n) is 6.48. The van der Waals surface area contributed by atoms with Crippen LogP contribution in [0.15, 0.2) is 12.3 Å². The Labute approximate surface area is 195 Å². The molecule has 1 saturated heterocycles. The summed E-state index contributed by atoms with van der Waals surface area (Å²) in [5, 5.41) is 9.97. The van der Waals surface area contributed by atoms with Gasteiger partial charge < -0.3 is 20.7 Å². The average Bonchev–Trinajstić information content (AvgIpc) is 3.12. The highest BCUT2D eigenvalue weighted by molar-refractivity contribution is 5.55. The quantitative estimate of drug-likeness (QED) is 0.478. The fourth-order valence-corrected chi connectivity index (χ4v) is 4.71. The Kier molecular flexibility index (Phi) is 8.09. The van der Waals surface area contributed by atoms with Gasteiger partial charge in [-0.05, 0) is 38.8 Å². The van der Waals surface area contributed by atoms with Gasteiger partial charge in [-0.25, -0.2) is 9.37 Å². The van der Waals surface area contributed by atoms with Crippen LogP contribution in [0.4, 0.5) is 27.9 Å². The van der Waals surface area contributed by atoms with Gasteiger partial charge in [-0.15, -0.1) is 0 Å². The van der Waals surface area contributed by atoms with E-state index in [1.165, 1.54) is 57.9 Å². The standard InChI is InChI=1S/C23H35FN8O/c1-3-32-12-8-11-18(32)15-26-21-29-22(27-16-9-6-4-5-7-10-16)31-23(30-21)28-17-13-19(24)20(33-2)25-14-17/h13-14,16,18H,3-12,15H2,1-2H3,(H3,26,27,28,29,30,31). The molecule has 4 rings (SSSR count). The highest BCUT2D eigenvalue weighted by Crippen LogP contribution is 2.23. The number of pyridine rings is 1. The van der Waals surface area contributed by atoms with Crippen molar-refractivity contribution in [3.05, 3.63) is 18.1 Å². The maximum absolute atomic E-state index is 14.1. The van der Waals surface area contributed by atoms with Crippen LogP contribution in [-0.2, 0) is 0 Å². The van der Waals surface area contributed by atoms with Gasteiger partial charge in [0, 0.05) is 24.7 Å². The number of aromatic nitrogens is 4. The molecular weight excluding hydrogens is 423 g/mol. The van der Waals surface area contributed by atoms with E-state index in [1.54, 1.807) is 0 Å². The first-order valence-electron chi connectivity index (χ1n) is 12.1. The van der Waals surface area contributed by atoms with Crippen LogP contribution in [-0.4, -0.2) is 63.7 Å². The Balaban J connectivity index is 1.52. The van der Waals surface area contributed by atoms with Crippen molar-refractivity contribution < 1.29 is 9.13 Å². The van der Waals surface area contributed by atoms with E-state index in [2.05, 4.69) is 47.7 Å². The zero-order valence-electron chi connectivity index (χ0n) is 19.6. The maximum Gasteiger partial charge on any atom is 0.250 e. The number of anilines is 4. The monoisotopic (exact) mass is 458 g/mol. The van der Waals surface area contributed by atoms with Crippen LogP contribution in [0.25, 0.3) is 0 Å². The summed E-state index contributed by atoms with van der Waals surface area (Å²) < 4.78 is 19.0. The van der Waals surface area contributed by atoms with Crippen LogP contribution in [0.5, 0.6) is 5.88 Å². The van der Waals surface area contributed by atoms with Crippen LogP contribution in [0, 0.1) is 5.82 Å². The van der Waals surface area contributed by atoms with Crippen molar-refractivity contribution in [3.8, 4) is 5.88 Å². The van der Waals surface area contributed by atoms with E-state index in [4.69, 9.17) is 4.74 Å². The lowest BCUT2D eigenvalue weighted by atomic mass is 10.1. The van der Waals surface area contributed by atoms with Crippen molar-refractivity contribution in [2.45, 2.75) is 70.4 Å². The molecule has 180 valence electrons. The average molecular weight is 459 g/mol. The maximum atomic E-state index is 14.1. The first kappa shape index (κ1) is 23.4. The van der Waals surface area contributed by atoms with Gasteiger partial charge >= 0.3 is 0 Å². The highest BCUT2D eigenvalue weighted by Gasteiger charge is 2.23. The molecule has 10 heteroatoms. The van der Waals surface area contributed by atoms with Crippen molar-refractivity contribution in [2.24, 2.45) is 0 Å². The topological polar surface area (TPSA) is 100 Å². The SMILES string of the molecule is CCN1CCCC1CNc1nc(Nc2cnc(OC)c(F)c2)nc(NC2CCCCCC2)n1. The summed E-state index contributed by atoms with van der Waals surface area (Å²) in [7, 11) is 1.39. The second-order valence-electron chi connectivity index (χ2n) is 8.78. The van der Waals surface area contributed by atoms with Gasteiger partial charge in [0.1, 0.15) is 0 Å². The van der Waals surface area contributed by atoms with E-state index < -0.39 is 5.82 Å². The van der Waals surface area contributed by atoms with Crippen molar-refractivity contribution >= 4 is 23.5 Å². The smallest absolute Gasteiger partial charge is 0.250 e. The van der Waals surface area contributed by atoms with Gasteiger partial charge in [-0.1, -0.05) is 32.6 Å². The second-order valence-corrected chi connectivity index (χ2v) is 8.78. The Hall–Kier alpha value is -2.75. The summed E-state index contributed by atoms with van der Waals surface area (Å²) in [4.78, 5) is 20.2. The largest absolute Gasteiger partial charge is 0.479 e. The van der Waals surface area contributed by atoms with Crippen molar-refractivity contribution in [2.75, 3.05) is 42.7 Å². The third-order valence-corrected chi connectivity index (χ3v) is 6.48. The summed E-state index contributed by atoms with van der Waals surface area (Å²) in [6, 6.07) is 2.14. The number of ether oxygens (including phenoxy) is 1. The molecule has 33 heavy (non-hydrogen) atoms. The molecule has 1 saturated carbocycles. The van der Waals surface area contributed by atoms with Crippen LogP contribution in [0.1, 0.15) is 58.3 Å². The summed E-state index contributed by atoms with van der Waals surface area (Å²) in [6.07, 6.45) is 11.1. The molecule has 2 fully saturated rings. The summed E-state index contributed by atoms with van der Waals surface area (Å²) in [6.45, 7) is 5.15. The molecular formula is C23H35FN8O. The summed E-state index contributed by atoms with van der Waals surface area (Å²) >= 11 is 0. The van der Waals surface area contributed by atoms with Crippen LogP contribution >= 0.6 is 0 Å². The highest BCUT2D eigenvalue weighted by atomic mass is 19.1. The van der Waals surface area contributed by atoms with Crippen molar-refractivity contribution in [3.63, 3.8) is 0 Å². The molecule has 0 aromatic carbocycles. The molecule has 0 bridgehead atoms. The minimum absolute atomic E-state index is 0.0497. The molecule has 9 nitrogen and oxygen atoms in total. The molecule has 2 aromatic rings. The molecule has 2 aliphatic rings. The second kappa shape index (κ2) is 11.4. The van der Waals surface area contributed by atoms with Crippen molar-refractivity contribution in [1.82, 2.24) is 24.8 Å². The first-order valence-corrected chi connectivity index (χ1v) is 12.1. The molecule has 3 heterocycles. The zero-order chi connectivity index (χ0) is 23.0. The van der Waals surface area contributed by atoms with Gasteiger partial charge in [0.25, 0.3) is 0 Å². The van der Waals surface area contributed by atoms with Crippen LogP contribution in [0.3, 0.4) is 0 Å². The molecule has 1 aliphatic carbocycles. The number of likely N-dealkylation sites (N-methyl/N-ethyl adjacent to an activating group) is 1. The Morgan fingerprint density at radius 1 is 1.03 bits per heavy atom. The molecule has 0 amide bonds. The lowest BCUT2D eigenvalue weighted by molar-refractivity contribution is 0.277. The van der Waals surface area contributed by atoms with E-state index in [0.29, 0.717) is 35.6 Å². The van der Waals surface area contributed by atoms with E-state index in [0.717, 1.165) is 32.5 Å². The molecule has 1 atom stereocenters. The van der Waals surface area contributed by atoms with E-state index in [1.807, 2.05) is 0 Å². The number of likely N-dealkylation sites (tertiary alicyclic amines) is 1. The van der Waals surface area contributed by atoms with Gasteiger partial charge in [-0.2, -0.15) is 15.0 Å². The van der Waals surface area contributed by atoms with E-state index >= 15 is 0 Å². The van der Waals surface area contributed by atoms with Crippen LogP contribution < -0.4 is 20.7 Å². The first-order chi connectivity index (χ1) is 16.1. The predicted molar refractivity (Wildman–Crippen MR) is 128 cm³/mol. The fourth-order valence-electron chi connectivity index (χ4n) is 4.71. The molecule has 0 radical (unpaired) electrons. The van der Waals surface area contributed by atoms with E-state index in [-0.39, 0.29) is 5.88 Å². The zero-order valence-corrected chi connectivity index (χ0v) is 19.6. The molecule has 2 aromatic heterocycles. The Bertz CT molecular complexity index is 906. The normalized spacial score (nSPS) is 19.8. The minimum Gasteiger partial charge on any atom is -0.479 e. The molecule has 0 spiro atoms. The number of hydrogen-bond donors (Lipinski definition) is 3. The molecule has 1 unspecified atom stereocenters. The molecule has 3 N–H and O–H groups in total. The van der Waals surface area contributed by atoms with Crippen LogP contribution in [0.2, 0.25) is 0 Å². The van der Waals surface area contributed by atoms with Gasteiger partial charge in [0.05, 0.1) is 19.0 Å². The third kappa shape index (κ3) is 6.40. The van der Waals surface area contributed by atoms with Gasteiger partial charge in [-0.3, -0.25) is 4.90 Å². The number of nitrogens with one attached hydrogen (secondary N) is 3. The number of hydrogen-bond acceptors (Lipinski definition) is 9. The number of rotatable bonds is 9. The van der Waals surface area contributed by atoms with E-state index in [9.17, 15) is 4.39 Å². The Morgan fingerprint density at radius 3 is 2.52 bits per heavy atom. The van der Waals surface area contributed by atoms with Gasteiger partial charge in [0.2, 0.25) is 23.7 Å². The van der Waals surface area contributed by atoms with Gasteiger partial charge in [0.15, 0.2) is 5.82 Å². The number of methoxy groups -OCH3 is 1. The van der Waals surface area contributed by atoms with Crippen molar-refractivity contribution in [1.29, 1.82) is 0 Å². The predicted octanol–water partition coefficient (Wildman–Crippen LogP) is 4.19.